The Kier molecular flexibility index (Phi) is 3.94. The van der Waals surface area contributed by atoms with Gasteiger partial charge in [-0.25, -0.2) is 0 Å². The normalized spacial score (nSPS) is 12.5. The van der Waals surface area contributed by atoms with Gasteiger partial charge >= 0.3 is 0 Å². The number of nitrogens with zero attached hydrogens (tertiary/aromatic N) is 1. The van der Waals surface area contributed by atoms with E-state index in [1.807, 2.05) is 41.5 Å². The van der Waals surface area contributed by atoms with Gasteiger partial charge in [-0.3, -0.25) is 10.1 Å². The second-order valence-electron chi connectivity index (χ2n) is 6.63. The van der Waals surface area contributed by atoms with Gasteiger partial charge in [0.25, 0.3) is 5.69 Å². The van der Waals surface area contributed by atoms with E-state index in [0.29, 0.717) is 5.56 Å². The number of phenolic OH excluding ortho intramolecular Hbond substituents is 1. The fraction of sp³-hybridized carbons (Fsp3) is 0.600. The fourth-order valence-electron chi connectivity index (χ4n) is 2.06. The molecule has 0 aliphatic rings. The maximum absolute atomic E-state index is 11.2. The molecule has 19 heavy (non-hydrogen) atoms. The predicted molar refractivity (Wildman–Crippen MR) is 76.8 cm³/mol. The van der Waals surface area contributed by atoms with Crippen LogP contribution in [0.1, 0.15) is 59.1 Å². The Morgan fingerprint density at radius 2 is 1.68 bits per heavy atom. The number of rotatable bonds is 3. The summed E-state index contributed by atoms with van der Waals surface area (Å²) in [5.74, 6) is -0.00477. The third-order valence-corrected chi connectivity index (χ3v) is 3.73. The van der Waals surface area contributed by atoms with E-state index in [9.17, 15) is 15.2 Å². The quantitative estimate of drug-likeness (QED) is 0.655. The van der Waals surface area contributed by atoms with Crippen LogP contribution >= 0.6 is 0 Å². The molecular formula is C15H23NO3. The monoisotopic (exact) mass is 265 g/mol. The molecule has 4 heteroatoms. The van der Waals surface area contributed by atoms with Crippen molar-refractivity contribution in [2.45, 2.75) is 58.8 Å². The minimum atomic E-state index is -0.418. The number of phenols is 1. The summed E-state index contributed by atoms with van der Waals surface area (Å²) in [5, 5.41) is 21.2. The van der Waals surface area contributed by atoms with Gasteiger partial charge in [-0.05, 0) is 23.3 Å². The Balaban J connectivity index is 3.63. The molecule has 0 heterocycles. The third-order valence-electron chi connectivity index (χ3n) is 3.73. The van der Waals surface area contributed by atoms with Crippen molar-refractivity contribution >= 4 is 5.69 Å². The van der Waals surface area contributed by atoms with Gasteiger partial charge in [0.05, 0.1) is 11.0 Å². The Morgan fingerprint density at radius 1 is 1.16 bits per heavy atom. The van der Waals surface area contributed by atoms with Crippen LogP contribution in [0.5, 0.6) is 5.75 Å². The summed E-state index contributed by atoms with van der Waals surface area (Å²) in [7, 11) is 0. The molecule has 0 spiro atoms. The Morgan fingerprint density at radius 3 is 2.05 bits per heavy atom. The van der Waals surface area contributed by atoms with Crippen molar-refractivity contribution in [2.24, 2.45) is 0 Å². The van der Waals surface area contributed by atoms with Gasteiger partial charge in [0.1, 0.15) is 5.75 Å². The van der Waals surface area contributed by atoms with Gasteiger partial charge in [-0.15, -0.1) is 0 Å². The highest BCUT2D eigenvalue weighted by Gasteiger charge is 2.31. The van der Waals surface area contributed by atoms with Crippen LogP contribution in [-0.4, -0.2) is 10.0 Å². The lowest BCUT2D eigenvalue weighted by Gasteiger charge is -2.27. The molecule has 4 nitrogen and oxygen atoms in total. The van der Waals surface area contributed by atoms with Crippen molar-refractivity contribution < 1.29 is 10.0 Å². The largest absolute Gasteiger partial charge is 0.507 e. The van der Waals surface area contributed by atoms with E-state index < -0.39 is 4.92 Å². The topological polar surface area (TPSA) is 63.4 Å². The Bertz CT molecular complexity index is 499. The molecule has 0 bridgehead atoms. The highest BCUT2D eigenvalue weighted by Crippen LogP contribution is 2.41. The molecule has 1 aromatic carbocycles. The van der Waals surface area contributed by atoms with Crippen molar-refractivity contribution in [3.63, 3.8) is 0 Å². The zero-order chi connectivity index (χ0) is 15.0. The summed E-state index contributed by atoms with van der Waals surface area (Å²) in [6.45, 7) is 11.9. The molecule has 0 radical (unpaired) electrons. The molecule has 1 rings (SSSR count). The summed E-state index contributed by atoms with van der Waals surface area (Å²) < 4.78 is 0. The zero-order valence-corrected chi connectivity index (χ0v) is 12.6. The van der Waals surface area contributed by atoms with Crippen LogP contribution in [0, 0.1) is 10.1 Å². The summed E-state index contributed by atoms with van der Waals surface area (Å²) in [6.07, 6.45) is 0.794. The third kappa shape index (κ3) is 3.06. The van der Waals surface area contributed by atoms with E-state index in [0.717, 1.165) is 12.0 Å². The van der Waals surface area contributed by atoms with Gasteiger partial charge in [-0.1, -0.05) is 41.5 Å². The van der Waals surface area contributed by atoms with Crippen LogP contribution in [0.25, 0.3) is 0 Å². The molecule has 1 aromatic rings. The smallest absolute Gasteiger partial charge is 0.276 e. The van der Waals surface area contributed by atoms with Crippen molar-refractivity contribution in [1.29, 1.82) is 0 Å². The highest BCUT2D eigenvalue weighted by molar-refractivity contribution is 5.54. The van der Waals surface area contributed by atoms with Crippen LogP contribution in [0.3, 0.4) is 0 Å². The number of hydrogen-bond donors (Lipinski definition) is 1. The number of nitro benzene ring substituents is 1. The molecule has 0 saturated heterocycles. The first kappa shape index (κ1) is 15.5. The fourth-order valence-corrected chi connectivity index (χ4v) is 2.06. The Hall–Kier alpha value is -1.58. The lowest BCUT2D eigenvalue weighted by atomic mass is 9.77. The minimum absolute atomic E-state index is 0.00245. The maximum atomic E-state index is 11.2. The first-order valence-electron chi connectivity index (χ1n) is 6.53. The molecule has 106 valence electrons. The average molecular weight is 265 g/mol. The van der Waals surface area contributed by atoms with E-state index in [1.165, 1.54) is 6.07 Å². The van der Waals surface area contributed by atoms with Crippen molar-refractivity contribution in [3.8, 4) is 5.75 Å². The summed E-state index contributed by atoms with van der Waals surface area (Å²) in [6, 6.07) is 3.07. The lowest BCUT2D eigenvalue weighted by molar-refractivity contribution is -0.386. The molecule has 0 fully saturated rings. The van der Waals surface area contributed by atoms with E-state index in [1.54, 1.807) is 6.07 Å². The average Bonchev–Trinajstić information content (AvgIpc) is 2.26. The molecule has 0 atom stereocenters. The van der Waals surface area contributed by atoms with E-state index in [-0.39, 0.29) is 22.3 Å². The summed E-state index contributed by atoms with van der Waals surface area (Å²) in [4.78, 5) is 10.8. The van der Waals surface area contributed by atoms with Gasteiger partial charge in [0.2, 0.25) is 0 Å². The first-order valence-corrected chi connectivity index (χ1v) is 6.53. The summed E-state index contributed by atoms with van der Waals surface area (Å²) >= 11 is 0. The number of nitro groups is 1. The highest BCUT2D eigenvalue weighted by atomic mass is 16.6. The van der Waals surface area contributed by atoms with Crippen LogP contribution in [-0.2, 0) is 10.8 Å². The molecule has 0 unspecified atom stereocenters. The minimum Gasteiger partial charge on any atom is -0.507 e. The Labute approximate surface area is 114 Å². The van der Waals surface area contributed by atoms with Crippen molar-refractivity contribution in [3.05, 3.63) is 33.4 Å². The van der Waals surface area contributed by atoms with Crippen LogP contribution < -0.4 is 0 Å². The SMILES string of the molecule is CCC(C)(C)c1cc(C(C)(C)C)c(O)cc1[N+](=O)[O-]. The molecule has 0 aliphatic heterocycles. The molecule has 1 N–H and O–H groups in total. The maximum Gasteiger partial charge on any atom is 0.276 e. The van der Waals surface area contributed by atoms with Gasteiger partial charge in [-0.2, -0.15) is 0 Å². The zero-order valence-electron chi connectivity index (χ0n) is 12.6. The van der Waals surface area contributed by atoms with Crippen LogP contribution in [0.2, 0.25) is 0 Å². The van der Waals surface area contributed by atoms with Crippen molar-refractivity contribution in [1.82, 2.24) is 0 Å². The second kappa shape index (κ2) is 4.83. The van der Waals surface area contributed by atoms with Gasteiger partial charge < -0.3 is 5.11 Å². The molecule has 0 amide bonds. The van der Waals surface area contributed by atoms with E-state index in [4.69, 9.17) is 0 Å². The van der Waals surface area contributed by atoms with Gasteiger partial charge in [0, 0.05) is 11.1 Å². The lowest BCUT2D eigenvalue weighted by Crippen LogP contribution is -2.20. The van der Waals surface area contributed by atoms with Gasteiger partial charge in [0.15, 0.2) is 0 Å². The molecule has 0 saturated carbocycles. The van der Waals surface area contributed by atoms with Crippen LogP contribution in [0.15, 0.2) is 12.1 Å². The number of aromatic hydroxyl groups is 1. The molecule has 0 aliphatic carbocycles. The predicted octanol–water partition coefficient (Wildman–Crippen LogP) is 4.29. The standard InChI is InChI=1S/C15H23NO3/c1-7-15(5,6)10-8-11(14(2,3)4)13(17)9-12(10)16(18)19/h8-9,17H,7H2,1-6H3. The number of hydrogen-bond acceptors (Lipinski definition) is 3. The first-order chi connectivity index (χ1) is 8.50. The van der Waals surface area contributed by atoms with E-state index in [2.05, 4.69) is 0 Å². The van der Waals surface area contributed by atoms with Crippen molar-refractivity contribution in [2.75, 3.05) is 0 Å². The second-order valence-corrected chi connectivity index (χ2v) is 6.63. The van der Waals surface area contributed by atoms with E-state index >= 15 is 0 Å². The van der Waals surface area contributed by atoms with Crippen LogP contribution in [0.4, 0.5) is 5.69 Å². The molecule has 0 aromatic heterocycles. The summed E-state index contributed by atoms with van der Waals surface area (Å²) in [5.41, 5.74) is 0.878. The molecular weight excluding hydrogens is 242 g/mol. The number of benzene rings is 1.